The van der Waals surface area contributed by atoms with Crippen LogP contribution in [0, 0.1) is 6.92 Å². The molecule has 1 heterocycles. The molecule has 0 aromatic carbocycles. The van der Waals surface area contributed by atoms with Crippen molar-refractivity contribution in [2.24, 2.45) is 10.8 Å². The lowest BCUT2D eigenvalue weighted by molar-refractivity contribution is 0.249. The summed E-state index contributed by atoms with van der Waals surface area (Å²) in [6, 6.07) is -0.873. The minimum atomic E-state index is -0.873. The third-order valence-corrected chi connectivity index (χ3v) is 1.42. The molecule has 1 aromatic heterocycles. The van der Waals surface area contributed by atoms with Gasteiger partial charge in [-0.1, -0.05) is 0 Å². The summed E-state index contributed by atoms with van der Waals surface area (Å²) in [4.78, 5) is 27.4. The van der Waals surface area contributed by atoms with Crippen LogP contribution >= 0.6 is 0 Å². The van der Waals surface area contributed by atoms with Crippen molar-refractivity contribution in [1.82, 2.24) is 15.4 Å². The molecule has 0 atom stereocenters. The molecule has 0 fully saturated rings. The van der Waals surface area contributed by atoms with Gasteiger partial charge >= 0.3 is 6.03 Å². The Morgan fingerprint density at radius 1 is 1.73 bits per heavy atom. The van der Waals surface area contributed by atoms with Gasteiger partial charge in [0.05, 0.1) is 6.21 Å². The lowest BCUT2D eigenvalue weighted by Gasteiger charge is -1.97. The molecule has 2 amide bonds. The number of hydrogen-bond acceptors (Lipinski definition) is 5. The number of aryl methyl sites for hydroxylation is 1. The van der Waals surface area contributed by atoms with E-state index in [0.29, 0.717) is 0 Å². The molecule has 0 bridgehead atoms. The third kappa shape index (κ3) is 2.79. The van der Waals surface area contributed by atoms with Crippen LogP contribution in [0.1, 0.15) is 11.4 Å². The lowest BCUT2D eigenvalue weighted by Crippen LogP contribution is -2.25. The van der Waals surface area contributed by atoms with Crippen molar-refractivity contribution in [3.05, 3.63) is 21.7 Å². The second kappa shape index (κ2) is 4.22. The second-order valence-corrected chi connectivity index (χ2v) is 2.62. The summed E-state index contributed by atoms with van der Waals surface area (Å²) in [7, 11) is 0. The number of carbonyl (C=O) groups excluding carboxylic acids is 1. The normalized spacial score (nSPS) is 10.5. The minimum absolute atomic E-state index is 0.158. The van der Waals surface area contributed by atoms with Crippen molar-refractivity contribution in [2.45, 2.75) is 6.92 Å². The van der Waals surface area contributed by atoms with Gasteiger partial charge in [0.1, 0.15) is 11.4 Å². The standard InChI is InChI=1S/C7H9N5O3/c1-3-10-5(13)4(6(14)11-3)2-9-12-7(8)15/h2H,1H3,(H3,8,12,15)(H2,10,11,13,14). The molecule has 15 heavy (non-hydrogen) atoms. The molecule has 0 aliphatic rings. The van der Waals surface area contributed by atoms with Crippen LogP contribution in [0.2, 0.25) is 0 Å². The highest BCUT2D eigenvalue weighted by atomic mass is 16.3. The molecule has 0 saturated heterocycles. The Balaban J connectivity index is 3.00. The molecule has 0 radical (unpaired) electrons. The van der Waals surface area contributed by atoms with E-state index >= 15 is 0 Å². The number of carbonyl (C=O) groups is 1. The van der Waals surface area contributed by atoms with E-state index < -0.39 is 17.5 Å². The van der Waals surface area contributed by atoms with E-state index in [9.17, 15) is 14.7 Å². The zero-order chi connectivity index (χ0) is 11.4. The summed E-state index contributed by atoms with van der Waals surface area (Å²) in [6.45, 7) is 1.52. The fourth-order valence-corrected chi connectivity index (χ4v) is 0.857. The first-order chi connectivity index (χ1) is 7.00. The Morgan fingerprint density at radius 3 is 2.93 bits per heavy atom. The molecule has 0 unspecified atom stereocenters. The Hall–Kier alpha value is -2.38. The van der Waals surface area contributed by atoms with Crippen LogP contribution in [-0.4, -0.2) is 27.3 Å². The predicted molar refractivity (Wildman–Crippen MR) is 51.6 cm³/mol. The van der Waals surface area contributed by atoms with Gasteiger partial charge in [-0.15, -0.1) is 0 Å². The first-order valence-corrected chi connectivity index (χ1v) is 3.89. The monoisotopic (exact) mass is 211 g/mol. The highest BCUT2D eigenvalue weighted by Crippen LogP contribution is 2.04. The summed E-state index contributed by atoms with van der Waals surface area (Å²) in [5.41, 5.74) is 5.89. The van der Waals surface area contributed by atoms with Crippen LogP contribution < -0.4 is 16.7 Å². The number of hydrogen-bond donors (Lipinski definition) is 4. The van der Waals surface area contributed by atoms with Crippen molar-refractivity contribution < 1.29 is 9.90 Å². The molecule has 0 aliphatic heterocycles. The number of aromatic amines is 1. The predicted octanol–water partition coefficient (Wildman–Crippen LogP) is -1.21. The maximum Gasteiger partial charge on any atom is 0.332 e. The Morgan fingerprint density at radius 2 is 2.40 bits per heavy atom. The van der Waals surface area contributed by atoms with Crippen molar-refractivity contribution >= 4 is 12.2 Å². The third-order valence-electron chi connectivity index (χ3n) is 1.42. The van der Waals surface area contributed by atoms with Gasteiger partial charge in [0.15, 0.2) is 0 Å². The maximum atomic E-state index is 11.2. The van der Waals surface area contributed by atoms with Crippen molar-refractivity contribution in [1.29, 1.82) is 0 Å². The second-order valence-electron chi connectivity index (χ2n) is 2.62. The number of H-pyrrole nitrogens is 1. The number of urea groups is 1. The molecule has 0 aliphatic carbocycles. The Kier molecular flexibility index (Phi) is 3.01. The number of hydrazone groups is 1. The smallest absolute Gasteiger partial charge is 0.332 e. The average molecular weight is 211 g/mol. The molecule has 8 nitrogen and oxygen atoms in total. The summed E-state index contributed by atoms with van der Waals surface area (Å²) in [5, 5.41) is 12.6. The van der Waals surface area contributed by atoms with Gasteiger partial charge in [-0.2, -0.15) is 5.10 Å². The molecule has 0 spiro atoms. The first-order valence-electron chi connectivity index (χ1n) is 3.89. The van der Waals surface area contributed by atoms with Gasteiger partial charge in [-0.3, -0.25) is 4.79 Å². The van der Waals surface area contributed by atoms with Gasteiger partial charge in [0.25, 0.3) is 5.56 Å². The summed E-state index contributed by atoms with van der Waals surface area (Å²) in [5.74, 6) is -0.191. The summed E-state index contributed by atoms with van der Waals surface area (Å²) in [6.07, 6.45) is 0.950. The minimum Gasteiger partial charge on any atom is -0.493 e. The molecule has 80 valence electrons. The van der Waals surface area contributed by atoms with Crippen LogP contribution in [-0.2, 0) is 0 Å². The van der Waals surface area contributed by atoms with Gasteiger partial charge in [-0.05, 0) is 6.92 Å². The van der Waals surface area contributed by atoms with E-state index in [1.54, 1.807) is 0 Å². The van der Waals surface area contributed by atoms with E-state index in [1.165, 1.54) is 6.92 Å². The molecular formula is C7H9N5O3. The van der Waals surface area contributed by atoms with Gasteiger partial charge in [0, 0.05) is 0 Å². The Bertz CT molecular complexity index is 464. The number of aromatic nitrogens is 2. The molecule has 8 heteroatoms. The fourth-order valence-electron chi connectivity index (χ4n) is 0.857. The van der Waals surface area contributed by atoms with Crippen LogP contribution in [0.15, 0.2) is 9.90 Å². The number of amides is 2. The molecule has 1 rings (SSSR count). The van der Waals surface area contributed by atoms with Crippen LogP contribution in [0.5, 0.6) is 5.88 Å². The van der Waals surface area contributed by atoms with Crippen molar-refractivity contribution in [3.63, 3.8) is 0 Å². The van der Waals surface area contributed by atoms with E-state index in [0.717, 1.165) is 6.21 Å². The number of nitrogens with two attached hydrogens (primary N) is 1. The van der Waals surface area contributed by atoms with E-state index in [4.69, 9.17) is 5.73 Å². The van der Waals surface area contributed by atoms with Gasteiger partial charge in [0.2, 0.25) is 5.88 Å². The van der Waals surface area contributed by atoms with E-state index in [-0.39, 0.29) is 11.4 Å². The number of aromatic hydroxyl groups is 1. The number of primary amides is 1. The van der Waals surface area contributed by atoms with E-state index in [1.807, 2.05) is 5.43 Å². The lowest BCUT2D eigenvalue weighted by atomic mass is 10.3. The maximum absolute atomic E-state index is 11.2. The van der Waals surface area contributed by atoms with Crippen LogP contribution in [0.25, 0.3) is 0 Å². The summed E-state index contributed by atoms with van der Waals surface area (Å²) < 4.78 is 0. The topological polar surface area (TPSA) is 133 Å². The van der Waals surface area contributed by atoms with Crippen molar-refractivity contribution in [2.75, 3.05) is 0 Å². The highest BCUT2D eigenvalue weighted by molar-refractivity contribution is 5.83. The fraction of sp³-hybridized carbons (Fsp3) is 0.143. The molecular weight excluding hydrogens is 202 g/mol. The van der Waals surface area contributed by atoms with Crippen LogP contribution in [0.4, 0.5) is 4.79 Å². The molecule has 5 N–H and O–H groups in total. The Labute approximate surface area is 83.8 Å². The van der Waals surface area contributed by atoms with Crippen LogP contribution in [0.3, 0.4) is 0 Å². The molecule has 0 saturated carbocycles. The number of rotatable bonds is 2. The zero-order valence-corrected chi connectivity index (χ0v) is 7.81. The largest absolute Gasteiger partial charge is 0.493 e. The van der Waals surface area contributed by atoms with E-state index in [2.05, 4.69) is 15.1 Å². The SMILES string of the molecule is Cc1nc(O)c(C=NNC(N)=O)c(=O)[nH]1. The molecule has 1 aromatic rings. The highest BCUT2D eigenvalue weighted by Gasteiger charge is 2.06. The quantitative estimate of drug-likeness (QED) is 0.360. The van der Waals surface area contributed by atoms with Gasteiger partial charge in [-0.25, -0.2) is 15.2 Å². The zero-order valence-electron chi connectivity index (χ0n) is 7.81. The summed E-state index contributed by atoms with van der Waals surface area (Å²) >= 11 is 0. The van der Waals surface area contributed by atoms with Crippen molar-refractivity contribution in [3.8, 4) is 5.88 Å². The van der Waals surface area contributed by atoms with Gasteiger partial charge < -0.3 is 15.8 Å². The number of nitrogens with one attached hydrogen (secondary N) is 2. The average Bonchev–Trinajstić information content (AvgIpc) is 2.08. The number of nitrogens with zero attached hydrogens (tertiary/aromatic N) is 2. The first kappa shape index (κ1) is 10.7.